The number of hydrogen-bond donors (Lipinski definition) is 9. The summed E-state index contributed by atoms with van der Waals surface area (Å²) in [6, 6.07) is 23.5. The second kappa shape index (κ2) is 40.7. The van der Waals surface area contributed by atoms with E-state index in [4.69, 9.17) is 75.0 Å². The van der Waals surface area contributed by atoms with Crippen LogP contribution in [0.3, 0.4) is 0 Å². The molecule has 0 saturated carbocycles. The number of halogens is 2. The summed E-state index contributed by atoms with van der Waals surface area (Å²) in [6.45, 7) is 4.38. The molecule has 0 unspecified atom stereocenters. The average Bonchev–Trinajstić information content (AvgIpc) is 3.56. The Morgan fingerprint density at radius 1 is 0.719 bits per heavy atom. The molecule has 57 heavy (non-hydrogen) atoms. The number of anilines is 2. The molecule has 0 spiro atoms. The standard InChI is InChI=1S/C9H9NO3.C7H7NO3.C7H7NO2.C7H6O2.C2H4O2.C2H6O.2ClH.HNO2.Na.Sn/c1-6(11)10-7-2-4-8(12)9(13)5-3-7;8-11-5-1-3-6(9)7(10)4-2-5;8-5-1-3-6(9)7(10)4-2-5;8-6-4-2-1-3-5-7(6)9;1-2(3)4;1-2-3;;;2-1-3;;/h2-5H,1H3,(H,10,11)(H,12,13);1-4H,8H2,(H,9,10);1-4H,8H2,(H,9,10);1-5H,(H,8,9);1H3,(H,3,4);3H,2H2,1H3;2*1H;(H,2,3);;/q;;;;;;;;;+1;+2/p-3. The molecule has 304 valence electrons. The van der Waals surface area contributed by atoms with Crippen molar-refractivity contribution in [3.63, 3.8) is 0 Å². The predicted molar refractivity (Wildman–Crippen MR) is 214 cm³/mol. The number of nitrogen functional groups attached to an aromatic ring is 1. The second-order valence-corrected chi connectivity index (χ2v) is 13.3. The Morgan fingerprint density at radius 3 is 1.46 bits per heavy atom. The number of hydrogen-bond acceptors (Lipinski definition) is 17. The third-order valence-electron chi connectivity index (χ3n) is 4.69. The van der Waals surface area contributed by atoms with E-state index in [1.807, 2.05) is 0 Å². The monoisotopic (exact) mass is 956 g/mol. The Kier molecular flexibility index (Phi) is 43.7. The number of carbonyl (C=O) groups excluding carboxylic acids is 1. The van der Waals surface area contributed by atoms with Gasteiger partial charge in [0.2, 0.25) is 27.6 Å². The first-order valence-electron chi connectivity index (χ1n) is 14.7. The Morgan fingerprint density at radius 2 is 1.02 bits per heavy atom. The minimum absolute atomic E-state index is 0. The zero-order chi connectivity index (χ0) is 44.1. The van der Waals surface area contributed by atoms with Crippen molar-refractivity contribution in [3.05, 3.63) is 154 Å². The Balaban J connectivity index is -0.000000191. The number of carboxylic acids is 1. The number of aliphatic hydroxyl groups excluding tert-OH is 1. The van der Waals surface area contributed by atoms with Gasteiger partial charge in [0.15, 0.2) is 23.0 Å². The van der Waals surface area contributed by atoms with Crippen molar-refractivity contribution in [1.82, 2.24) is 0 Å². The number of nitrogens with zero attached hydrogens (tertiary/aromatic N) is 1. The molecule has 0 fully saturated rings. The molecule has 0 heterocycles. The smallest absolute Gasteiger partial charge is 1.00 e. The number of aromatic hydroxyl groups is 4. The maximum atomic E-state index is 10.9. The number of amides is 1. The molecule has 0 aliphatic heterocycles. The van der Waals surface area contributed by atoms with Gasteiger partial charge in [-0.15, -0.1) is 5.34 Å². The molecule has 19 nitrogen and oxygen atoms in total. The van der Waals surface area contributed by atoms with Crippen LogP contribution in [0.5, 0.6) is 28.7 Å². The van der Waals surface area contributed by atoms with Crippen LogP contribution in [0.15, 0.2) is 128 Å². The third-order valence-corrected chi connectivity index (χ3v) is 4.69. The van der Waals surface area contributed by atoms with E-state index in [2.05, 4.69) is 10.2 Å². The van der Waals surface area contributed by atoms with Gasteiger partial charge in [-0.25, -0.2) is 0 Å². The molecule has 11 N–H and O–H groups in total. The van der Waals surface area contributed by atoms with Crippen molar-refractivity contribution in [2.75, 3.05) is 17.7 Å². The number of rotatable bonds is 2. The first kappa shape index (κ1) is 61.2. The summed E-state index contributed by atoms with van der Waals surface area (Å²) in [6.07, 6.45) is 0. The fraction of sp³-hybridized carbons (Fsp3) is 0.118. The average molecular weight is 956 g/mol. The molecule has 0 aliphatic rings. The summed E-state index contributed by atoms with van der Waals surface area (Å²) in [4.78, 5) is 74.8. The number of carboxylic acid groups (broad SMARTS) is 1. The van der Waals surface area contributed by atoms with Crippen molar-refractivity contribution in [1.29, 1.82) is 0 Å². The van der Waals surface area contributed by atoms with Gasteiger partial charge in [0, 0.05) is 31.8 Å². The fourth-order valence-electron chi connectivity index (χ4n) is 2.56. The summed E-state index contributed by atoms with van der Waals surface area (Å²) >= 11 is -0.826. The van der Waals surface area contributed by atoms with E-state index in [9.17, 15) is 24.0 Å². The van der Waals surface area contributed by atoms with Crippen LogP contribution in [0.25, 0.3) is 0 Å². The number of aliphatic carboxylic acids is 1. The van der Waals surface area contributed by atoms with Gasteiger partial charge in [-0.3, -0.25) is 28.8 Å². The maximum absolute atomic E-state index is 10.9. The summed E-state index contributed by atoms with van der Waals surface area (Å²) in [5, 5.41) is 62.0. The molecule has 0 aromatic heterocycles. The van der Waals surface area contributed by atoms with Gasteiger partial charge in [0.1, 0.15) is 5.75 Å². The number of carbonyl (C=O) groups is 2. The van der Waals surface area contributed by atoms with Gasteiger partial charge in [-0.05, 0) is 91.9 Å². The van der Waals surface area contributed by atoms with Crippen LogP contribution in [-0.4, -0.2) is 68.0 Å². The van der Waals surface area contributed by atoms with E-state index in [0.29, 0.717) is 17.1 Å². The van der Waals surface area contributed by atoms with Crippen LogP contribution in [0.4, 0.5) is 11.4 Å². The van der Waals surface area contributed by atoms with Crippen molar-refractivity contribution in [2.24, 2.45) is 11.2 Å². The first-order valence-corrected chi connectivity index (χ1v) is 21.9. The van der Waals surface area contributed by atoms with Crippen LogP contribution >= 0.6 is 17.8 Å². The molecule has 4 aromatic rings. The molecule has 1 amide bonds. The van der Waals surface area contributed by atoms with E-state index in [1.54, 1.807) is 25.1 Å². The fourth-order valence-corrected chi connectivity index (χ4v) is 2.56. The van der Waals surface area contributed by atoms with Gasteiger partial charge >= 0.3 is 66.3 Å². The minimum Gasteiger partial charge on any atom is 1.00 e. The first-order chi connectivity index (χ1) is 26.3. The van der Waals surface area contributed by atoms with E-state index in [0.717, 1.165) is 12.3 Å². The third kappa shape index (κ3) is 40.5. The molecular weight excluding hydrogens is 917 g/mol. The molecule has 4 rings (SSSR count). The van der Waals surface area contributed by atoms with E-state index < -0.39 is 41.1 Å². The summed E-state index contributed by atoms with van der Waals surface area (Å²) < 4.78 is 0. The van der Waals surface area contributed by atoms with Gasteiger partial charge < -0.3 is 56.6 Å². The topological polar surface area (TPSA) is 350 Å². The Hall–Kier alpha value is -5.00. The van der Waals surface area contributed by atoms with E-state index in [-0.39, 0.29) is 70.5 Å². The van der Waals surface area contributed by atoms with Crippen LogP contribution in [0.1, 0.15) is 20.8 Å². The van der Waals surface area contributed by atoms with Gasteiger partial charge in [-0.2, -0.15) is 5.90 Å². The molecule has 0 atom stereocenters. The quantitative estimate of drug-likeness (QED) is 0.0733. The van der Waals surface area contributed by atoms with Crippen LogP contribution in [0.2, 0.25) is 0 Å². The number of nitrogens with two attached hydrogens (primary N) is 2. The van der Waals surface area contributed by atoms with Crippen molar-refractivity contribution in [2.45, 2.75) is 20.8 Å². The van der Waals surface area contributed by atoms with Crippen molar-refractivity contribution >= 4 is 60.0 Å². The molecule has 2 radical (unpaired) electrons. The van der Waals surface area contributed by atoms with Gasteiger partial charge in [-0.1, -0.05) is 18.2 Å². The number of aliphatic hydroxyl groups is 1. The van der Waals surface area contributed by atoms with Crippen molar-refractivity contribution < 1.29 is 74.6 Å². The van der Waals surface area contributed by atoms with E-state index in [1.165, 1.54) is 91.9 Å². The molecular formula is C34H39Cl2N4NaO15Sn. The minimum atomic E-state index is -0.833. The number of nitrogens with one attached hydrogen (secondary N) is 1. The van der Waals surface area contributed by atoms with E-state index >= 15 is 0 Å². The largest absolute Gasteiger partial charge is 1.00 e. The zero-order valence-electron chi connectivity index (χ0n) is 30.7. The van der Waals surface area contributed by atoms with Crippen LogP contribution in [0, 0.1) is 10.1 Å². The Bertz CT molecular complexity index is 1990. The second-order valence-electron chi connectivity index (χ2n) is 9.05. The summed E-state index contributed by atoms with van der Waals surface area (Å²) in [5.41, 5.74) is 4.55. The maximum Gasteiger partial charge on any atom is 1.00 e. The zero-order valence-corrected chi connectivity index (χ0v) is 37.1. The molecule has 0 saturated heterocycles. The van der Waals surface area contributed by atoms with Crippen LogP contribution in [-0.2, 0) is 9.59 Å². The normalized spacial score (nSPS) is 8.19. The molecule has 0 aliphatic carbocycles. The molecule has 0 bridgehead atoms. The molecule has 23 heteroatoms. The van der Waals surface area contributed by atoms with Crippen LogP contribution < -0.4 is 73.1 Å². The van der Waals surface area contributed by atoms with Gasteiger partial charge in [0.25, 0.3) is 5.97 Å². The molecule has 4 aromatic carbocycles. The predicted octanol–water partition coefficient (Wildman–Crippen LogP) is 0.145. The van der Waals surface area contributed by atoms with Gasteiger partial charge in [0.05, 0.1) is 0 Å². The Labute approximate surface area is 364 Å². The SMILES string of the molecule is CC(=O)Nc1ccc(O)c(=O)cc1.CC(=O)O.CCO.NOc1ccc(O)c(=O)cc1.Nc1ccc(O)c(=O)cc1.O=N[O-].O=c1cccccc1O.[Cl][Sn][Cl].[Na+]. The summed E-state index contributed by atoms with van der Waals surface area (Å²) in [5.74, 6) is 2.93. The van der Waals surface area contributed by atoms with Crippen molar-refractivity contribution in [3.8, 4) is 28.7 Å². The summed E-state index contributed by atoms with van der Waals surface area (Å²) in [7, 11) is 9.87.